The first-order valence-electron chi connectivity index (χ1n) is 6.90. The van der Waals surface area contributed by atoms with Gasteiger partial charge in [-0.05, 0) is 30.4 Å². The van der Waals surface area contributed by atoms with Gasteiger partial charge in [-0.3, -0.25) is 0 Å². The molecule has 2 heteroatoms. The number of hydrogen-bond acceptors (Lipinski definition) is 0. The SMILES string of the molecule is Cc1ccccc1C(CCl)(CCl)CC1CCCC1. The molecule has 0 N–H and O–H groups in total. The topological polar surface area (TPSA) is 0 Å². The van der Waals surface area contributed by atoms with Crippen LogP contribution in [-0.4, -0.2) is 11.8 Å². The number of hydrogen-bond donors (Lipinski definition) is 0. The van der Waals surface area contributed by atoms with Crippen molar-refractivity contribution in [3.8, 4) is 0 Å². The van der Waals surface area contributed by atoms with Crippen LogP contribution in [-0.2, 0) is 5.41 Å². The third kappa shape index (κ3) is 2.86. The molecule has 100 valence electrons. The van der Waals surface area contributed by atoms with Crippen LogP contribution >= 0.6 is 23.2 Å². The molecule has 0 nitrogen and oxygen atoms in total. The van der Waals surface area contributed by atoms with Crippen molar-refractivity contribution in [2.45, 2.75) is 44.4 Å². The summed E-state index contributed by atoms with van der Waals surface area (Å²) < 4.78 is 0. The second-order valence-electron chi connectivity index (χ2n) is 5.72. The Hall–Kier alpha value is -0.200. The van der Waals surface area contributed by atoms with Gasteiger partial charge in [0.05, 0.1) is 0 Å². The third-order valence-corrected chi connectivity index (χ3v) is 5.41. The lowest BCUT2D eigenvalue weighted by Gasteiger charge is -2.34. The van der Waals surface area contributed by atoms with Gasteiger partial charge in [0.15, 0.2) is 0 Å². The van der Waals surface area contributed by atoms with E-state index in [1.54, 1.807) is 0 Å². The van der Waals surface area contributed by atoms with Gasteiger partial charge < -0.3 is 0 Å². The Labute approximate surface area is 121 Å². The molecule has 18 heavy (non-hydrogen) atoms. The maximum atomic E-state index is 6.32. The van der Waals surface area contributed by atoms with E-state index in [1.807, 2.05) is 0 Å². The number of aryl methyl sites for hydroxylation is 1. The van der Waals surface area contributed by atoms with Crippen LogP contribution < -0.4 is 0 Å². The molecule has 2 rings (SSSR count). The summed E-state index contributed by atoms with van der Waals surface area (Å²) in [4.78, 5) is 0. The summed E-state index contributed by atoms with van der Waals surface area (Å²) >= 11 is 12.6. The van der Waals surface area contributed by atoms with Crippen molar-refractivity contribution in [2.24, 2.45) is 5.92 Å². The molecule has 1 aromatic rings. The molecular formula is C16H22Cl2. The highest BCUT2D eigenvalue weighted by Gasteiger charge is 2.35. The van der Waals surface area contributed by atoms with E-state index in [-0.39, 0.29) is 5.41 Å². The van der Waals surface area contributed by atoms with Gasteiger partial charge in [0.1, 0.15) is 0 Å². The van der Waals surface area contributed by atoms with Crippen LogP contribution in [0.2, 0.25) is 0 Å². The summed E-state index contributed by atoms with van der Waals surface area (Å²) in [5.74, 6) is 2.05. The Balaban J connectivity index is 2.27. The number of alkyl halides is 2. The first-order chi connectivity index (χ1) is 8.72. The molecule has 0 bridgehead atoms. The summed E-state index contributed by atoms with van der Waals surface area (Å²) in [6, 6.07) is 8.55. The largest absolute Gasteiger partial charge is 0.126 e. The fourth-order valence-electron chi connectivity index (χ4n) is 3.33. The molecule has 0 atom stereocenters. The van der Waals surface area contributed by atoms with Crippen molar-refractivity contribution in [3.63, 3.8) is 0 Å². The maximum Gasteiger partial charge on any atom is 0.0332 e. The Morgan fingerprint density at radius 1 is 1.11 bits per heavy atom. The van der Waals surface area contributed by atoms with E-state index in [4.69, 9.17) is 23.2 Å². The van der Waals surface area contributed by atoms with Gasteiger partial charge in [-0.2, -0.15) is 0 Å². The molecule has 1 aromatic carbocycles. The summed E-state index contributed by atoms with van der Waals surface area (Å²) in [5.41, 5.74) is 2.63. The zero-order valence-corrected chi connectivity index (χ0v) is 12.6. The summed E-state index contributed by atoms with van der Waals surface area (Å²) in [6.07, 6.45) is 6.59. The highest BCUT2D eigenvalue weighted by molar-refractivity contribution is 6.22. The third-order valence-electron chi connectivity index (χ3n) is 4.38. The molecule has 1 aliphatic rings. The van der Waals surface area contributed by atoms with Gasteiger partial charge in [0.2, 0.25) is 0 Å². The highest BCUT2D eigenvalue weighted by atomic mass is 35.5. The van der Waals surface area contributed by atoms with Gasteiger partial charge in [0, 0.05) is 17.2 Å². The van der Waals surface area contributed by atoms with Crippen LogP contribution in [0.15, 0.2) is 24.3 Å². The summed E-state index contributed by atoms with van der Waals surface area (Å²) in [6.45, 7) is 2.16. The van der Waals surface area contributed by atoms with E-state index in [9.17, 15) is 0 Å². The van der Waals surface area contributed by atoms with Crippen LogP contribution in [0.5, 0.6) is 0 Å². The Morgan fingerprint density at radius 2 is 1.72 bits per heavy atom. The molecule has 0 spiro atoms. The van der Waals surface area contributed by atoms with Crippen molar-refractivity contribution in [1.29, 1.82) is 0 Å². The molecule has 0 radical (unpaired) electrons. The first-order valence-corrected chi connectivity index (χ1v) is 7.97. The van der Waals surface area contributed by atoms with Crippen molar-refractivity contribution in [3.05, 3.63) is 35.4 Å². The number of benzene rings is 1. The van der Waals surface area contributed by atoms with Crippen LogP contribution in [0.25, 0.3) is 0 Å². The van der Waals surface area contributed by atoms with E-state index in [1.165, 1.54) is 36.8 Å². The van der Waals surface area contributed by atoms with E-state index in [2.05, 4.69) is 31.2 Å². The summed E-state index contributed by atoms with van der Waals surface area (Å²) in [5, 5.41) is 0. The van der Waals surface area contributed by atoms with Crippen molar-refractivity contribution in [2.75, 3.05) is 11.8 Å². The van der Waals surface area contributed by atoms with Crippen LogP contribution in [0.3, 0.4) is 0 Å². The Morgan fingerprint density at radius 3 is 2.28 bits per heavy atom. The van der Waals surface area contributed by atoms with Crippen molar-refractivity contribution >= 4 is 23.2 Å². The van der Waals surface area contributed by atoms with Gasteiger partial charge in [-0.15, -0.1) is 23.2 Å². The predicted octanol–water partition coefficient (Wildman–Crippen LogP) is 5.29. The Bertz CT molecular complexity index is 376. The average Bonchev–Trinajstić information content (AvgIpc) is 2.90. The molecule has 1 aliphatic carbocycles. The lowest BCUT2D eigenvalue weighted by molar-refractivity contribution is 0.371. The normalized spacial score (nSPS) is 17.3. The molecule has 0 amide bonds. The van der Waals surface area contributed by atoms with E-state index >= 15 is 0 Å². The van der Waals surface area contributed by atoms with Gasteiger partial charge in [0.25, 0.3) is 0 Å². The average molecular weight is 285 g/mol. The number of halogens is 2. The van der Waals surface area contributed by atoms with Crippen molar-refractivity contribution in [1.82, 2.24) is 0 Å². The standard InChI is InChI=1S/C16H22Cl2/c1-13-6-2-5-9-15(13)16(11-17,12-18)10-14-7-3-4-8-14/h2,5-6,9,14H,3-4,7-8,10-12H2,1H3. The van der Waals surface area contributed by atoms with Crippen molar-refractivity contribution < 1.29 is 0 Å². The monoisotopic (exact) mass is 284 g/mol. The second kappa shape index (κ2) is 6.30. The zero-order valence-electron chi connectivity index (χ0n) is 11.1. The second-order valence-corrected chi connectivity index (χ2v) is 6.25. The van der Waals surface area contributed by atoms with Gasteiger partial charge in [-0.25, -0.2) is 0 Å². The fourth-order valence-corrected chi connectivity index (χ4v) is 4.13. The minimum absolute atomic E-state index is 0.0382. The van der Waals surface area contributed by atoms with Crippen LogP contribution in [0.4, 0.5) is 0 Å². The summed E-state index contributed by atoms with van der Waals surface area (Å²) in [7, 11) is 0. The smallest absolute Gasteiger partial charge is 0.0332 e. The molecule has 0 saturated heterocycles. The Kier molecular flexibility index (Phi) is 4.98. The first kappa shape index (κ1) is 14.2. The minimum Gasteiger partial charge on any atom is -0.126 e. The van der Waals surface area contributed by atoms with E-state index in [0.717, 1.165) is 12.3 Å². The van der Waals surface area contributed by atoms with Crippen LogP contribution in [0, 0.1) is 12.8 Å². The molecule has 0 aliphatic heterocycles. The molecular weight excluding hydrogens is 263 g/mol. The molecule has 0 aromatic heterocycles. The fraction of sp³-hybridized carbons (Fsp3) is 0.625. The molecule has 0 heterocycles. The van der Waals surface area contributed by atoms with Crippen LogP contribution in [0.1, 0.15) is 43.2 Å². The highest BCUT2D eigenvalue weighted by Crippen LogP contribution is 2.40. The quantitative estimate of drug-likeness (QED) is 0.645. The maximum absolute atomic E-state index is 6.32. The molecule has 0 unspecified atom stereocenters. The van der Waals surface area contributed by atoms with E-state index < -0.39 is 0 Å². The predicted molar refractivity (Wildman–Crippen MR) is 80.9 cm³/mol. The minimum atomic E-state index is -0.0382. The lowest BCUT2D eigenvalue weighted by Crippen LogP contribution is -2.33. The number of rotatable bonds is 5. The van der Waals surface area contributed by atoms with Gasteiger partial charge in [-0.1, -0.05) is 49.9 Å². The van der Waals surface area contributed by atoms with Gasteiger partial charge >= 0.3 is 0 Å². The zero-order chi connectivity index (χ0) is 13.0. The lowest BCUT2D eigenvalue weighted by atomic mass is 9.74. The van der Waals surface area contributed by atoms with E-state index in [0.29, 0.717) is 11.8 Å². The molecule has 1 saturated carbocycles. The molecule has 1 fully saturated rings.